The van der Waals surface area contributed by atoms with Crippen molar-refractivity contribution in [2.24, 2.45) is 0 Å². The summed E-state index contributed by atoms with van der Waals surface area (Å²) in [5, 5.41) is 13.1. The van der Waals surface area contributed by atoms with Crippen LogP contribution < -0.4 is 0 Å². The SMILES string of the molecule is CC/C(C(=O)O)=[C](\c1ccccc1)[Ge]([CH2]C)([CH2]C)[CH2]C. The second-order valence-corrected chi connectivity index (χ2v) is 16.1. The number of benzene rings is 1. The normalized spacial score (nSPS) is 13.0. The molecule has 0 spiro atoms. The van der Waals surface area contributed by atoms with Gasteiger partial charge in [0.2, 0.25) is 0 Å². The second kappa shape index (κ2) is 7.68. The van der Waals surface area contributed by atoms with Gasteiger partial charge in [0.15, 0.2) is 0 Å². The summed E-state index contributed by atoms with van der Waals surface area (Å²) in [7, 11) is 0. The van der Waals surface area contributed by atoms with Gasteiger partial charge in [0, 0.05) is 0 Å². The van der Waals surface area contributed by atoms with Crippen LogP contribution in [0.25, 0.3) is 4.41 Å². The maximum absolute atomic E-state index is 11.7. The van der Waals surface area contributed by atoms with E-state index in [1.54, 1.807) is 0 Å². The molecule has 3 heteroatoms. The fraction of sp³-hybridized carbons (Fsp3) is 0.471. The third kappa shape index (κ3) is 3.35. The molecule has 1 rings (SSSR count). The Morgan fingerprint density at radius 2 is 1.50 bits per heavy atom. The second-order valence-electron chi connectivity index (χ2n) is 5.22. The van der Waals surface area contributed by atoms with Crippen molar-refractivity contribution in [2.75, 3.05) is 0 Å². The molecule has 0 aliphatic carbocycles. The van der Waals surface area contributed by atoms with Gasteiger partial charge in [-0.15, -0.1) is 0 Å². The van der Waals surface area contributed by atoms with Gasteiger partial charge in [0.25, 0.3) is 0 Å². The minimum absolute atomic E-state index is 0.604. The molecule has 0 saturated heterocycles. The van der Waals surface area contributed by atoms with Crippen molar-refractivity contribution < 1.29 is 9.90 Å². The quantitative estimate of drug-likeness (QED) is 0.563. The average molecular weight is 335 g/mol. The number of rotatable bonds is 7. The molecule has 110 valence electrons. The molecular formula is C17H26GeO2. The molecule has 1 aromatic carbocycles. The van der Waals surface area contributed by atoms with Gasteiger partial charge < -0.3 is 0 Å². The van der Waals surface area contributed by atoms with Gasteiger partial charge in [-0.05, 0) is 0 Å². The maximum atomic E-state index is 11.7. The summed E-state index contributed by atoms with van der Waals surface area (Å²) in [6.45, 7) is 8.68. The van der Waals surface area contributed by atoms with Crippen molar-refractivity contribution in [2.45, 2.75) is 49.9 Å². The number of aliphatic carboxylic acids is 1. The fourth-order valence-electron chi connectivity index (χ4n) is 3.12. The number of carbonyl (C=O) groups is 1. The Balaban J connectivity index is 3.62. The Labute approximate surface area is 125 Å². The first-order chi connectivity index (χ1) is 9.56. The van der Waals surface area contributed by atoms with Crippen molar-refractivity contribution >= 4 is 23.6 Å². The Morgan fingerprint density at radius 3 is 1.85 bits per heavy atom. The zero-order valence-corrected chi connectivity index (χ0v) is 15.2. The molecule has 0 bridgehead atoms. The standard InChI is InChI=1S/C17H26GeO2/c1-5-15(17(19)20)16(14-12-10-9-11-13-14)18(6-2,7-3)8-4/h9-13H,5-8H2,1-4H3,(H,19,20)/b16-15-. The Hall–Kier alpha value is -1.03. The average Bonchev–Trinajstić information content (AvgIpc) is 2.49. The van der Waals surface area contributed by atoms with Crippen LogP contribution in [0, 0.1) is 0 Å². The van der Waals surface area contributed by atoms with Gasteiger partial charge in [-0.2, -0.15) is 0 Å². The van der Waals surface area contributed by atoms with Gasteiger partial charge >= 0.3 is 125 Å². The molecule has 0 aliphatic heterocycles. The van der Waals surface area contributed by atoms with Crippen molar-refractivity contribution in [1.29, 1.82) is 0 Å². The summed E-state index contributed by atoms with van der Waals surface area (Å²) in [5.41, 5.74) is 1.78. The van der Waals surface area contributed by atoms with Crippen molar-refractivity contribution in [3.05, 3.63) is 41.5 Å². The molecule has 1 aromatic rings. The molecule has 0 fully saturated rings. The van der Waals surface area contributed by atoms with Crippen LogP contribution >= 0.6 is 0 Å². The predicted molar refractivity (Wildman–Crippen MR) is 88.5 cm³/mol. The molecule has 0 aromatic heterocycles. The van der Waals surface area contributed by atoms with Crippen LogP contribution in [0.1, 0.15) is 39.7 Å². The van der Waals surface area contributed by atoms with E-state index in [1.807, 2.05) is 25.1 Å². The molecule has 20 heavy (non-hydrogen) atoms. The molecule has 0 atom stereocenters. The summed E-state index contributed by atoms with van der Waals surface area (Å²) in [6, 6.07) is 10.2. The first-order valence-corrected chi connectivity index (χ1v) is 13.1. The van der Waals surface area contributed by atoms with Gasteiger partial charge in [-0.3, -0.25) is 0 Å². The fourth-order valence-corrected chi connectivity index (χ4v) is 12.1. The third-order valence-electron chi connectivity index (χ3n) is 4.54. The third-order valence-corrected chi connectivity index (χ3v) is 16.5. The zero-order chi connectivity index (χ0) is 15.2. The van der Waals surface area contributed by atoms with Crippen LogP contribution in [-0.4, -0.2) is 24.3 Å². The summed E-state index contributed by atoms with van der Waals surface area (Å²) < 4.78 is 1.22. The van der Waals surface area contributed by atoms with E-state index in [0.717, 1.165) is 21.3 Å². The molecule has 0 unspecified atom stereocenters. The number of carboxylic acids is 1. The topological polar surface area (TPSA) is 37.3 Å². The molecule has 0 aliphatic rings. The van der Waals surface area contributed by atoms with E-state index >= 15 is 0 Å². The van der Waals surface area contributed by atoms with Crippen LogP contribution in [0.2, 0.25) is 15.8 Å². The first kappa shape index (κ1) is 17.0. The molecule has 2 nitrogen and oxygen atoms in total. The number of hydrogen-bond donors (Lipinski definition) is 1. The number of hydrogen-bond acceptors (Lipinski definition) is 1. The molecule has 0 heterocycles. The molecule has 0 saturated carbocycles. The van der Waals surface area contributed by atoms with Crippen molar-refractivity contribution in [3.8, 4) is 0 Å². The van der Waals surface area contributed by atoms with E-state index in [2.05, 4.69) is 32.9 Å². The van der Waals surface area contributed by atoms with E-state index in [4.69, 9.17) is 0 Å². The predicted octanol–water partition coefficient (Wildman–Crippen LogP) is 4.98. The molecular weight excluding hydrogens is 309 g/mol. The van der Waals surface area contributed by atoms with Crippen molar-refractivity contribution in [3.63, 3.8) is 0 Å². The summed E-state index contributed by atoms with van der Waals surface area (Å²) in [5.74, 6) is -0.739. The van der Waals surface area contributed by atoms with Gasteiger partial charge in [0.1, 0.15) is 0 Å². The summed E-state index contributed by atoms with van der Waals surface area (Å²) >= 11 is -2.33. The minimum atomic E-state index is -2.33. The van der Waals surface area contributed by atoms with Crippen LogP contribution in [0.15, 0.2) is 35.9 Å². The Kier molecular flexibility index (Phi) is 6.53. The molecule has 1 N–H and O–H groups in total. The zero-order valence-electron chi connectivity index (χ0n) is 13.1. The van der Waals surface area contributed by atoms with Crippen molar-refractivity contribution in [1.82, 2.24) is 0 Å². The van der Waals surface area contributed by atoms with E-state index in [9.17, 15) is 9.90 Å². The van der Waals surface area contributed by atoms with Crippen LogP contribution in [0.5, 0.6) is 0 Å². The van der Waals surface area contributed by atoms with Crippen LogP contribution in [0.4, 0.5) is 0 Å². The summed E-state index contributed by atoms with van der Waals surface area (Å²) in [4.78, 5) is 11.7. The Bertz CT molecular complexity index is 465. The van der Waals surface area contributed by atoms with Gasteiger partial charge in [0.05, 0.1) is 0 Å². The van der Waals surface area contributed by atoms with E-state index in [-0.39, 0.29) is 0 Å². The monoisotopic (exact) mass is 336 g/mol. The molecule has 0 amide bonds. The van der Waals surface area contributed by atoms with E-state index < -0.39 is 19.2 Å². The van der Waals surface area contributed by atoms with Gasteiger partial charge in [-0.25, -0.2) is 0 Å². The first-order valence-electron chi connectivity index (χ1n) is 7.58. The van der Waals surface area contributed by atoms with Crippen LogP contribution in [0.3, 0.4) is 0 Å². The van der Waals surface area contributed by atoms with Gasteiger partial charge in [-0.1, -0.05) is 0 Å². The van der Waals surface area contributed by atoms with Crippen LogP contribution in [-0.2, 0) is 4.79 Å². The Morgan fingerprint density at radius 1 is 1.00 bits per heavy atom. The number of carboxylic acid groups (broad SMARTS) is 1. The van der Waals surface area contributed by atoms with E-state index in [0.29, 0.717) is 12.0 Å². The summed E-state index contributed by atoms with van der Waals surface area (Å²) in [6.07, 6.45) is 0.604. The molecule has 0 radical (unpaired) electrons. The van der Waals surface area contributed by atoms with E-state index in [1.165, 1.54) is 4.41 Å².